The number of carboxylic acid groups (broad SMARTS) is 1. The molecule has 2 N–H and O–H groups in total. The Labute approximate surface area is 185 Å². The average molecular weight is 422 g/mol. The van der Waals surface area contributed by atoms with Crippen LogP contribution in [0.25, 0.3) is 0 Å². The molecule has 0 radical (unpaired) electrons. The zero-order chi connectivity index (χ0) is 22.1. The van der Waals surface area contributed by atoms with Crippen LogP contribution < -0.4 is 5.32 Å². The first-order chi connectivity index (χ1) is 14.3. The Kier molecular flexibility index (Phi) is 10.2. The number of carboxylic acids is 1. The lowest BCUT2D eigenvalue weighted by molar-refractivity contribution is -0.137. The summed E-state index contributed by atoms with van der Waals surface area (Å²) in [5, 5.41) is 11.1. The molecule has 0 heterocycles. The third kappa shape index (κ3) is 6.99. The molecule has 2 rings (SSSR count). The van der Waals surface area contributed by atoms with Crippen LogP contribution in [0.5, 0.6) is 0 Å². The fraction of sp³-hybridized carbons (Fsp3) is 0.923. The number of rotatable bonds is 12. The van der Waals surface area contributed by atoms with E-state index in [1.807, 2.05) is 0 Å². The van der Waals surface area contributed by atoms with Gasteiger partial charge in [-0.25, -0.2) is 0 Å². The first-order valence-corrected chi connectivity index (χ1v) is 12.8. The molecular weight excluding hydrogens is 374 g/mol. The monoisotopic (exact) mass is 421 g/mol. The minimum Gasteiger partial charge on any atom is -0.480 e. The van der Waals surface area contributed by atoms with Crippen LogP contribution in [0.2, 0.25) is 0 Å². The molecular formula is C26H47NO3. The standard InChI is InChI=1S/C26H47NO3/c1-5-9-23-22(16-15-21-11-6-7-17-26(21,23)4)20(3)14-13-19(2)10-8-12-24(28)27-18-25(29)30/h19-23H,5-18H2,1-4H3,(H,27,28)(H,29,30). The predicted octanol–water partition coefficient (Wildman–Crippen LogP) is 6.43. The van der Waals surface area contributed by atoms with Crippen LogP contribution in [-0.2, 0) is 9.59 Å². The molecule has 6 atom stereocenters. The van der Waals surface area contributed by atoms with E-state index in [-0.39, 0.29) is 12.5 Å². The molecule has 0 spiro atoms. The molecule has 2 aliphatic rings. The van der Waals surface area contributed by atoms with E-state index in [1.54, 1.807) is 0 Å². The predicted molar refractivity (Wildman–Crippen MR) is 123 cm³/mol. The second-order valence-corrected chi connectivity index (χ2v) is 10.8. The van der Waals surface area contributed by atoms with Crippen molar-refractivity contribution in [2.75, 3.05) is 6.54 Å². The van der Waals surface area contributed by atoms with Crippen molar-refractivity contribution in [1.29, 1.82) is 0 Å². The highest BCUT2D eigenvalue weighted by molar-refractivity contribution is 5.80. The molecule has 1 amide bonds. The van der Waals surface area contributed by atoms with Gasteiger partial charge >= 0.3 is 5.97 Å². The minimum absolute atomic E-state index is 0.141. The summed E-state index contributed by atoms with van der Waals surface area (Å²) in [7, 11) is 0. The Morgan fingerprint density at radius 3 is 2.57 bits per heavy atom. The Bertz CT molecular complexity index is 548. The van der Waals surface area contributed by atoms with E-state index in [2.05, 4.69) is 33.0 Å². The van der Waals surface area contributed by atoms with Gasteiger partial charge in [0, 0.05) is 6.42 Å². The second kappa shape index (κ2) is 12.1. The van der Waals surface area contributed by atoms with Crippen molar-refractivity contribution >= 4 is 11.9 Å². The summed E-state index contributed by atoms with van der Waals surface area (Å²) in [6, 6.07) is 0. The maximum atomic E-state index is 11.7. The summed E-state index contributed by atoms with van der Waals surface area (Å²) in [6.07, 6.45) is 16.3. The van der Waals surface area contributed by atoms with Crippen molar-refractivity contribution in [3.8, 4) is 0 Å². The van der Waals surface area contributed by atoms with Crippen molar-refractivity contribution < 1.29 is 14.7 Å². The highest BCUT2D eigenvalue weighted by Gasteiger charge is 2.49. The number of nitrogens with one attached hydrogen (secondary N) is 1. The van der Waals surface area contributed by atoms with Crippen molar-refractivity contribution in [2.45, 2.75) is 111 Å². The summed E-state index contributed by atoms with van der Waals surface area (Å²) >= 11 is 0. The zero-order valence-electron chi connectivity index (χ0n) is 20.0. The third-order valence-electron chi connectivity index (χ3n) is 8.65. The van der Waals surface area contributed by atoms with Gasteiger partial charge in [-0.2, -0.15) is 0 Å². The molecule has 0 aromatic heterocycles. The number of hydrogen-bond acceptors (Lipinski definition) is 2. The van der Waals surface area contributed by atoms with Crippen LogP contribution in [0.1, 0.15) is 111 Å². The van der Waals surface area contributed by atoms with E-state index in [0.717, 1.165) is 36.5 Å². The molecule has 4 nitrogen and oxygen atoms in total. The van der Waals surface area contributed by atoms with E-state index in [9.17, 15) is 9.59 Å². The average Bonchev–Trinajstić information content (AvgIpc) is 2.71. The van der Waals surface area contributed by atoms with Crippen molar-refractivity contribution in [3.63, 3.8) is 0 Å². The Hall–Kier alpha value is -1.06. The van der Waals surface area contributed by atoms with Crippen LogP contribution in [0.15, 0.2) is 0 Å². The fourth-order valence-electron chi connectivity index (χ4n) is 6.79. The number of aliphatic carboxylic acids is 1. The Morgan fingerprint density at radius 1 is 1.10 bits per heavy atom. The highest BCUT2D eigenvalue weighted by atomic mass is 16.4. The smallest absolute Gasteiger partial charge is 0.322 e. The minimum atomic E-state index is -0.983. The molecule has 30 heavy (non-hydrogen) atoms. The zero-order valence-corrected chi connectivity index (χ0v) is 20.0. The second-order valence-electron chi connectivity index (χ2n) is 10.8. The number of hydrogen-bond donors (Lipinski definition) is 2. The summed E-state index contributed by atoms with van der Waals surface area (Å²) in [5.74, 6) is 3.06. The summed E-state index contributed by atoms with van der Waals surface area (Å²) in [4.78, 5) is 22.2. The van der Waals surface area contributed by atoms with Gasteiger partial charge in [0.05, 0.1) is 0 Å². The molecule has 0 aromatic carbocycles. The van der Waals surface area contributed by atoms with Gasteiger partial charge in [-0.3, -0.25) is 9.59 Å². The van der Waals surface area contributed by atoms with E-state index < -0.39 is 5.97 Å². The molecule has 0 saturated heterocycles. The molecule has 2 saturated carbocycles. The van der Waals surface area contributed by atoms with Crippen LogP contribution in [0, 0.1) is 35.0 Å². The number of carbonyl (C=O) groups is 2. The first-order valence-electron chi connectivity index (χ1n) is 12.8. The lowest BCUT2D eigenvalue weighted by Gasteiger charge is -2.55. The maximum absolute atomic E-state index is 11.7. The van der Waals surface area contributed by atoms with Gasteiger partial charge in [0.2, 0.25) is 5.91 Å². The van der Waals surface area contributed by atoms with Crippen molar-refractivity contribution in [2.24, 2.45) is 35.0 Å². The molecule has 0 aliphatic heterocycles. The molecule has 0 bridgehead atoms. The van der Waals surface area contributed by atoms with Crippen molar-refractivity contribution in [3.05, 3.63) is 0 Å². The van der Waals surface area contributed by atoms with Gasteiger partial charge in [0.25, 0.3) is 0 Å². The van der Waals surface area contributed by atoms with Gasteiger partial charge in [0.1, 0.15) is 6.54 Å². The normalized spacial score (nSPS) is 30.9. The van der Waals surface area contributed by atoms with Crippen LogP contribution in [-0.4, -0.2) is 23.5 Å². The Balaban J connectivity index is 1.78. The first kappa shape index (κ1) is 25.2. The van der Waals surface area contributed by atoms with Gasteiger partial charge in [-0.15, -0.1) is 0 Å². The van der Waals surface area contributed by atoms with Crippen LogP contribution in [0.3, 0.4) is 0 Å². The van der Waals surface area contributed by atoms with E-state index >= 15 is 0 Å². The van der Waals surface area contributed by atoms with Crippen LogP contribution in [0.4, 0.5) is 0 Å². The van der Waals surface area contributed by atoms with Gasteiger partial charge in [-0.05, 0) is 73.5 Å². The quantitative estimate of drug-likeness (QED) is 0.381. The van der Waals surface area contributed by atoms with E-state index in [0.29, 0.717) is 17.8 Å². The molecule has 0 aromatic rings. The summed E-state index contributed by atoms with van der Waals surface area (Å²) in [5.41, 5.74) is 0.584. The molecule has 2 fully saturated rings. The number of carbonyl (C=O) groups excluding carboxylic acids is 1. The third-order valence-corrected chi connectivity index (χ3v) is 8.65. The fourth-order valence-corrected chi connectivity index (χ4v) is 6.79. The van der Waals surface area contributed by atoms with Gasteiger partial charge in [-0.1, -0.05) is 66.2 Å². The number of fused-ring (bicyclic) bond motifs is 1. The van der Waals surface area contributed by atoms with Crippen molar-refractivity contribution in [1.82, 2.24) is 5.32 Å². The van der Waals surface area contributed by atoms with E-state index in [1.165, 1.54) is 64.2 Å². The summed E-state index contributed by atoms with van der Waals surface area (Å²) in [6.45, 7) is 9.54. The summed E-state index contributed by atoms with van der Waals surface area (Å²) < 4.78 is 0. The lowest BCUT2D eigenvalue weighted by Crippen LogP contribution is -2.47. The largest absolute Gasteiger partial charge is 0.480 e. The molecule has 174 valence electrons. The van der Waals surface area contributed by atoms with Gasteiger partial charge < -0.3 is 10.4 Å². The highest BCUT2D eigenvalue weighted by Crippen LogP contribution is 2.58. The molecule has 4 heteroatoms. The number of amides is 1. The van der Waals surface area contributed by atoms with Gasteiger partial charge in [0.15, 0.2) is 0 Å². The molecule has 2 aliphatic carbocycles. The molecule has 6 unspecified atom stereocenters. The van der Waals surface area contributed by atoms with Crippen LogP contribution >= 0.6 is 0 Å². The maximum Gasteiger partial charge on any atom is 0.322 e. The van der Waals surface area contributed by atoms with E-state index in [4.69, 9.17) is 5.11 Å². The topological polar surface area (TPSA) is 66.4 Å². The Morgan fingerprint density at radius 2 is 1.87 bits per heavy atom. The lowest BCUT2D eigenvalue weighted by atomic mass is 9.50. The SMILES string of the molecule is CCCC1C(C(C)CCC(C)CCCC(=O)NCC(=O)O)CCC2CCCCC21C.